The number of rotatable bonds is 3. The van der Waals surface area contributed by atoms with E-state index >= 15 is 0 Å². The van der Waals surface area contributed by atoms with E-state index in [1.54, 1.807) is 0 Å². The standard InChI is InChI=1S/C18H23N3O/c22-17(11-10-14-6-2-1-3-7-14)21-13-12-20-16-9-5-4-8-15(16)19-18(20)21/h4-5,8-9,14H,1-3,6-7,10-13H2. The molecule has 0 saturated heterocycles. The molecule has 1 fully saturated rings. The van der Waals surface area contributed by atoms with Gasteiger partial charge in [-0.15, -0.1) is 0 Å². The molecule has 4 rings (SSSR count). The molecule has 1 aromatic carbocycles. The first-order valence-corrected chi connectivity index (χ1v) is 8.58. The molecule has 4 heteroatoms. The number of para-hydroxylation sites is 2. The molecule has 2 aliphatic rings. The molecule has 0 bridgehead atoms. The Morgan fingerprint density at radius 1 is 1.14 bits per heavy atom. The SMILES string of the molecule is O=C(CCC1CCCCC1)N1CCn2c1nc1ccccc12. The molecule has 22 heavy (non-hydrogen) atoms. The Kier molecular flexibility index (Phi) is 3.60. The van der Waals surface area contributed by atoms with Crippen molar-refractivity contribution in [2.75, 3.05) is 11.4 Å². The topological polar surface area (TPSA) is 38.1 Å². The van der Waals surface area contributed by atoms with Crippen LogP contribution in [-0.4, -0.2) is 22.0 Å². The molecule has 1 amide bonds. The van der Waals surface area contributed by atoms with E-state index in [0.29, 0.717) is 6.42 Å². The molecule has 0 unspecified atom stereocenters. The molecule has 116 valence electrons. The Morgan fingerprint density at radius 3 is 2.82 bits per heavy atom. The Bertz CT molecular complexity index is 685. The van der Waals surface area contributed by atoms with E-state index in [1.165, 1.54) is 32.1 Å². The molecule has 2 heterocycles. The maximum Gasteiger partial charge on any atom is 0.229 e. The molecule has 1 aromatic heterocycles. The van der Waals surface area contributed by atoms with Gasteiger partial charge < -0.3 is 4.57 Å². The van der Waals surface area contributed by atoms with E-state index in [4.69, 9.17) is 0 Å². The summed E-state index contributed by atoms with van der Waals surface area (Å²) in [5, 5.41) is 0. The summed E-state index contributed by atoms with van der Waals surface area (Å²) in [4.78, 5) is 19.2. The highest BCUT2D eigenvalue weighted by atomic mass is 16.2. The third-order valence-electron chi connectivity index (χ3n) is 5.22. The van der Waals surface area contributed by atoms with Crippen molar-refractivity contribution in [1.82, 2.24) is 9.55 Å². The summed E-state index contributed by atoms with van der Waals surface area (Å²) in [6.07, 6.45) is 8.42. The smallest absolute Gasteiger partial charge is 0.229 e. The number of hydrogen-bond acceptors (Lipinski definition) is 2. The summed E-state index contributed by atoms with van der Waals surface area (Å²) >= 11 is 0. The van der Waals surface area contributed by atoms with Gasteiger partial charge >= 0.3 is 0 Å². The fraction of sp³-hybridized carbons (Fsp3) is 0.556. The van der Waals surface area contributed by atoms with Crippen LogP contribution in [0.4, 0.5) is 5.95 Å². The lowest BCUT2D eigenvalue weighted by atomic mass is 9.86. The van der Waals surface area contributed by atoms with E-state index < -0.39 is 0 Å². The van der Waals surface area contributed by atoms with Crippen LogP contribution in [0.5, 0.6) is 0 Å². The molecule has 1 aliphatic carbocycles. The van der Waals surface area contributed by atoms with Crippen molar-refractivity contribution >= 4 is 22.9 Å². The highest BCUT2D eigenvalue weighted by Crippen LogP contribution is 2.30. The second kappa shape index (κ2) is 5.75. The van der Waals surface area contributed by atoms with Gasteiger partial charge in [0.25, 0.3) is 0 Å². The molecular weight excluding hydrogens is 274 g/mol. The number of amides is 1. The molecule has 1 saturated carbocycles. The van der Waals surface area contributed by atoms with Crippen LogP contribution in [0.25, 0.3) is 11.0 Å². The number of nitrogens with zero attached hydrogens (tertiary/aromatic N) is 3. The van der Waals surface area contributed by atoms with E-state index in [2.05, 4.69) is 15.6 Å². The van der Waals surface area contributed by atoms with Gasteiger partial charge in [-0.3, -0.25) is 9.69 Å². The van der Waals surface area contributed by atoms with Crippen molar-refractivity contribution < 1.29 is 4.79 Å². The first-order valence-electron chi connectivity index (χ1n) is 8.58. The Morgan fingerprint density at radius 2 is 1.95 bits per heavy atom. The minimum atomic E-state index is 0.250. The first-order chi connectivity index (χ1) is 10.8. The number of imidazole rings is 1. The van der Waals surface area contributed by atoms with Crippen molar-refractivity contribution in [2.45, 2.75) is 51.5 Å². The zero-order valence-electron chi connectivity index (χ0n) is 13.0. The fourth-order valence-electron chi connectivity index (χ4n) is 3.96. The van der Waals surface area contributed by atoms with E-state index in [0.717, 1.165) is 42.4 Å². The van der Waals surface area contributed by atoms with Gasteiger partial charge in [0.2, 0.25) is 11.9 Å². The average molecular weight is 297 g/mol. The van der Waals surface area contributed by atoms with Crippen LogP contribution in [0.1, 0.15) is 44.9 Å². The molecule has 4 nitrogen and oxygen atoms in total. The highest BCUT2D eigenvalue weighted by Gasteiger charge is 2.28. The number of aromatic nitrogens is 2. The lowest BCUT2D eigenvalue weighted by molar-refractivity contribution is -0.118. The van der Waals surface area contributed by atoms with Crippen molar-refractivity contribution in [1.29, 1.82) is 0 Å². The normalized spacial score (nSPS) is 18.8. The van der Waals surface area contributed by atoms with Gasteiger partial charge in [0.05, 0.1) is 11.0 Å². The van der Waals surface area contributed by atoms with Crippen molar-refractivity contribution in [3.63, 3.8) is 0 Å². The zero-order chi connectivity index (χ0) is 14.9. The van der Waals surface area contributed by atoms with Crippen LogP contribution in [0.2, 0.25) is 0 Å². The second-order valence-corrected chi connectivity index (χ2v) is 6.64. The fourth-order valence-corrected chi connectivity index (χ4v) is 3.96. The molecule has 2 aromatic rings. The number of hydrogen-bond donors (Lipinski definition) is 0. The predicted octanol–water partition coefficient (Wildman–Crippen LogP) is 3.74. The largest absolute Gasteiger partial charge is 0.308 e. The third-order valence-corrected chi connectivity index (χ3v) is 5.22. The lowest BCUT2D eigenvalue weighted by Gasteiger charge is -2.22. The maximum atomic E-state index is 12.6. The first kappa shape index (κ1) is 13.8. The average Bonchev–Trinajstić information content (AvgIpc) is 3.12. The Hall–Kier alpha value is -1.84. The van der Waals surface area contributed by atoms with E-state index in [-0.39, 0.29) is 5.91 Å². The van der Waals surface area contributed by atoms with Gasteiger partial charge in [-0.2, -0.15) is 0 Å². The zero-order valence-corrected chi connectivity index (χ0v) is 13.0. The van der Waals surface area contributed by atoms with Crippen LogP contribution in [0, 0.1) is 5.92 Å². The molecular formula is C18H23N3O. The Labute approximate surface area is 131 Å². The van der Waals surface area contributed by atoms with Gasteiger partial charge in [-0.25, -0.2) is 4.98 Å². The van der Waals surface area contributed by atoms with Crippen LogP contribution < -0.4 is 4.90 Å². The summed E-state index contributed by atoms with van der Waals surface area (Å²) in [5.41, 5.74) is 2.13. The van der Waals surface area contributed by atoms with Crippen LogP contribution in [0.15, 0.2) is 24.3 Å². The van der Waals surface area contributed by atoms with Gasteiger partial charge in [-0.05, 0) is 24.5 Å². The predicted molar refractivity (Wildman–Crippen MR) is 87.9 cm³/mol. The number of carbonyl (C=O) groups excluding carboxylic acids is 1. The third kappa shape index (κ3) is 2.40. The minimum absolute atomic E-state index is 0.250. The lowest BCUT2D eigenvalue weighted by Crippen LogP contribution is -2.29. The molecule has 1 aliphatic heterocycles. The van der Waals surface area contributed by atoms with Crippen LogP contribution in [-0.2, 0) is 11.3 Å². The summed E-state index contributed by atoms with van der Waals surface area (Å²) < 4.78 is 2.17. The summed E-state index contributed by atoms with van der Waals surface area (Å²) in [6.45, 7) is 1.64. The number of carbonyl (C=O) groups is 1. The van der Waals surface area contributed by atoms with Crippen LogP contribution >= 0.6 is 0 Å². The summed E-state index contributed by atoms with van der Waals surface area (Å²) in [5.74, 6) is 1.86. The van der Waals surface area contributed by atoms with Gasteiger partial charge in [-0.1, -0.05) is 44.2 Å². The number of fused-ring (bicyclic) bond motifs is 3. The van der Waals surface area contributed by atoms with Crippen molar-refractivity contribution in [3.8, 4) is 0 Å². The van der Waals surface area contributed by atoms with Gasteiger partial charge in [0.15, 0.2) is 0 Å². The summed E-state index contributed by atoms with van der Waals surface area (Å²) in [6, 6.07) is 8.14. The van der Waals surface area contributed by atoms with Gasteiger partial charge in [0, 0.05) is 19.5 Å². The monoisotopic (exact) mass is 297 g/mol. The van der Waals surface area contributed by atoms with Crippen LogP contribution in [0.3, 0.4) is 0 Å². The highest BCUT2D eigenvalue weighted by molar-refractivity contribution is 5.94. The molecule has 0 atom stereocenters. The molecule has 0 N–H and O–H groups in total. The Balaban J connectivity index is 1.47. The second-order valence-electron chi connectivity index (χ2n) is 6.64. The van der Waals surface area contributed by atoms with E-state index in [1.807, 2.05) is 23.1 Å². The molecule has 0 spiro atoms. The number of benzene rings is 1. The van der Waals surface area contributed by atoms with Gasteiger partial charge in [0.1, 0.15) is 0 Å². The quantitative estimate of drug-likeness (QED) is 0.865. The van der Waals surface area contributed by atoms with Crippen molar-refractivity contribution in [2.24, 2.45) is 5.92 Å². The van der Waals surface area contributed by atoms with E-state index in [9.17, 15) is 4.79 Å². The molecule has 0 radical (unpaired) electrons. The maximum absolute atomic E-state index is 12.6. The minimum Gasteiger partial charge on any atom is -0.308 e. The van der Waals surface area contributed by atoms with Crippen molar-refractivity contribution in [3.05, 3.63) is 24.3 Å². The number of anilines is 1. The summed E-state index contributed by atoms with van der Waals surface area (Å²) in [7, 11) is 0.